The summed E-state index contributed by atoms with van der Waals surface area (Å²) in [7, 11) is 0. The van der Waals surface area contributed by atoms with Gasteiger partial charge in [0.1, 0.15) is 6.10 Å². The van der Waals surface area contributed by atoms with Gasteiger partial charge in [0.2, 0.25) is 0 Å². The highest BCUT2D eigenvalue weighted by atomic mass is 19.4. The highest BCUT2D eigenvalue weighted by Gasteiger charge is 2.41. The van der Waals surface area contributed by atoms with Crippen LogP contribution in [0.25, 0.3) is 0 Å². The molecule has 0 saturated carbocycles. The van der Waals surface area contributed by atoms with Gasteiger partial charge in [0.25, 0.3) is 0 Å². The Morgan fingerprint density at radius 1 is 1.03 bits per heavy atom. The van der Waals surface area contributed by atoms with Gasteiger partial charge in [-0.1, -0.05) is 73.7 Å². The van der Waals surface area contributed by atoms with Crippen molar-refractivity contribution >= 4 is 5.91 Å². The molecule has 0 saturated heterocycles. The van der Waals surface area contributed by atoms with Crippen LogP contribution in [-0.2, 0) is 9.53 Å². The Balaban J connectivity index is 2.30. The van der Waals surface area contributed by atoms with Gasteiger partial charge in [0.05, 0.1) is 11.6 Å². The minimum Gasteiger partial charge on any atom is -0.365 e. The van der Waals surface area contributed by atoms with Gasteiger partial charge in [0.15, 0.2) is 0 Å². The van der Waals surface area contributed by atoms with E-state index in [2.05, 4.69) is 18.8 Å². The Bertz CT molecular complexity index is 839. The van der Waals surface area contributed by atoms with Crippen LogP contribution < -0.4 is 5.32 Å². The maximum Gasteiger partial charge on any atom is 0.471 e. The number of halogens is 3. The van der Waals surface area contributed by atoms with Gasteiger partial charge in [-0.25, -0.2) is 0 Å². The zero-order chi connectivity index (χ0) is 23.1. The van der Waals surface area contributed by atoms with Crippen LogP contribution in [0.5, 0.6) is 0 Å². The summed E-state index contributed by atoms with van der Waals surface area (Å²) in [4.78, 5) is 11.6. The average molecular weight is 434 g/mol. The molecule has 31 heavy (non-hydrogen) atoms. The molecule has 0 fully saturated rings. The maximum absolute atomic E-state index is 12.8. The Morgan fingerprint density at radius 2 is 1.55 bits per heavy atom. The van der Waals surface area contributed by atoms with Crippen molar-refractivity contribution in [1.82, 2.24) is 5.32 Å². The molecule has 3 nitrogen and oxygen atoms in total. The van der Waals surface area contributed by atoms with Crippen molar-refractivity contribution in [3.05, 3.63) is 84.4 Å². The van der Waals surface area contributed by atoms with Crippen LogP contribution in [0.2, 0.25) is 0 Å². The fraction of sp³-hybridized carbons (Fsp3) is 0.400. The summed E-state index contributed by atoms with van der Waals surface area (Å²) in [6.45, 7) is 9.38. The van der Waals surface area contributed by atoms with Gasteiger partial charge in [0, 0.05) is 0 Å². The third-order valence-corrected chi connectivity index (χ3v) is 5.29. The molecule has 4 atom stereocenters. The monoisotopic (exact) mass is 433 g/mol. The van der Waals surface area contributed by atoms with Crippen LogP contribution in [0, 0.1) is 0 Å². The van der Waals surface area contributed by atoms with Gasteiger partial charge in [-0.3, -0.25) is 4.79 Å². The minimum atomic E-state index is -4.96. The molecule has 2 aromatic rings. The first kappa shape index (κ1) is 24.7. The number of alkyl halides is 3. The standard InChI is InChI=1S/C25H30F3NO2/c1-5-16-24(4,17-18(2)20-12-8-6-9-13-20)31-22(21-14-10-7-11-15-21)19(3)29-23(30)25(26,27)28/h5-15,18-19,22H,1,16-17H2,2-4H3,(H,29,30)/t18-,19-,22+,24-/m1/s1. The van der Waals surface area contributed by atoms with E-state index < -0.39 is 29.8 Å². The van der Waals surface area contributed by atoms with Gasteiger partial charge >= 0.3 is 12.1 Å². The number of ether oxygens (including phenoxy) is 1. The quantitative estimate of drug-likeness (QED) is 0.444. The molecule has 2 rings (SSSR count). The minimum absolute atomic E-state index is 0.155. The molecule has 0 unspecified atom stereocenters. The molecule has 168 valence electrons. The fourth-order valence-electron chi connectivity index (χ4n) is 3.80. The normalized spacial score (nSPS) is 16.6. The Labute approximate surface area is 182 Å². The SMILES string of the molecule is C=CC[C@](C)(C[C@@H](C)c1ccccc1)O[C@H](c1ccccc1)[C@@H](C)NC(=O)C(F)(F)F. The lowest BCUT2D eigenvalue weighted by atomic mass is 9.85. The first-order chi connectivity index (χ1) is 14.6. The third kappa shape index (κ3) is 7.24. The van der Waals surface area contributed by atoms with E-state index in [-0.39, 0.29) is 5.92 Å². The number of rotatable bonds is 10. The zero-order valence-corrected chi connectivity index (χ0v) is 18.2. The molecule has 6 heteroatoms. The number of nitrogens with one attached hydrogen (secondary N) is 1. The molecular formula is C25H30F3NO2. The lowest BCUT2D eigenvalue weighted by Crippen LogP contribution is -2.46. The van der Waals surface area contributed by atoms with E-state index >= 15 is 0 Å². The average Bonchev–Trinajstić information content (AvgIpc) is 2.72. The lowest BCUT2D eigenvalue weighted by Gasteiger charge is -2.38. The van der Waals surface area contributed by atoms with Gasteiger partial charge < -0.3 is 10.1 Å². The van der Waals surface area contributed by atoms with Crippen molar-refractivity contribution in [2.45, 2.75) is 63.5 Å². The van der Waals surface area contributed by atoms with E-state index in [0.29, 0.717) is 18.4 Å². The van der Waals surface area contributed by atoms with Gasteiger partial charge in [-0.15, -0.1) is 6.58 Å². The molecule has 2 aromatic carbocycles. The third-order valence-electron chi connectivity index (χ3n) is 5.29. The summed E-state index contributed by atoms with van der Waals surface area (Å²) < 4.78 is 45.0. The summed E-state index contributed by atoms with van der Waals surface area (Å²) >= 11 is 0. The molecule has 0 aromatic heterocycles. The van der Waals surface area contributed by atoms with Crippen molar-refractivity contribution in [3.63, 3.8) is 0 Å². The number of carbonyl (C=O) groups is 1. The molecule has 0 aliphatic heterocycles. The summed E-state index contributed by atoms with van der Waals surface area (Å²) in [6, 6.07) is 18.1. The van der Waals surface area contributed by atoms with Crippen molar-refractivity contribution in [2.24, 2.45) is 0 Å². The van der Waals surface area contributed by atoms with Crippen LogP contribution in [-0.4, -0.2) is 23.7 Å². The lowest BCUT2D eigenvalue weighted by molar-refractivity contribution is -0.176. The predicted octanol–water partition coefficient (Wildman–Crippen LogP) is 6.34. The second-order valence-electron chi connectivity index (χ2n) is 8.17. The molecule has 0 bridgehead atoms. The van der Waals surface area contributed by atoms with Crippen molar-refractivity contribution < 1.29 is 22.7 Å². The maximum atomic E-state index is 12.8. The summed E-state index contributed by atoms with van der Waals surface area (Å²) in [5.74, 6) is -1.82. The molecule has 1 amide bonds. The van der Waals surface area contributed by atoms with E-state index in [1.54, 1.807) is 30.3 Å². The van der Waals surface area contributed by atoms with Gasteiger partial charge in [-0.2, -0.15) is 13.2 Å². The van der Waals surface area contributed by atoms with Crippen LogP contribution in [0.15, 0.2) is 73.3 Å². The highest BCUT2D eigenvalue weighted by Crippen LogP contribution is 2.36. The van der Waals surface area contributed by atoms with E-state index in [9.17, 15) is 18.0 Å². The summed E-state index contributed by atoms with van der Waals surface area (Å²) in [6.07, 6.45) is -2.83. The second kappa shape index (κ2) is 10.6. The molecule has 0 radical (unpaired) electrons. The van der Waals surface area contributed by atoms with Crippen molar-refractivity contribution in [3.8, 4) is 0 Å². The zero-order valence-electron chi connectivity index (χ0n) is 18.2. The predicted molar refractivity (Wildman–Crippen MR) is 117 cm³/mol. The number of hydrogen-bond donors (Lipinski definition) is 1. The second-order valence-corrected chi connectivity index (χ2v) is 8.17. The van der Waals surface area contributed by atoms with Crippen molar-refractivity contribution in [1.29, 1.82) is 0 Å². The molecule has 0 aliphatic rings. The fourth-order valence-corrected chi connectivity index (χ4v) is 3.80. The smallest absolute Gasteiger partial charge is 0.365 e. The molecule has 0 aliphatic carbocycles. The van der Waals surface area contributed by atoms with Gasteiger partial charge in [-0.05, 0) is 43.7 Å². The van der Waals surface area contributed by atoms with Crippen molar-refractivity contribution in [2.75, 3.05) is 0 Å². The summed E-state index contributed by atoms with van der Waals surface area (Å²) in [5.41, 5.74) is 1.14. The highest BCUT2D eigenvalue weighted by molar-refractivity contribution is 5.82. The number of hydrogen-bond acceptors (Lipinski definition) is 2. The largest absolute Gasteiger partial charge is 0.471 e. The van der Waals surface area contributed by atoms with Crippen LogP contribution in [0.3, 0.4) is 0 Å². The van der Waals surface area contributed by atoms with E-state index in [1.807, 2.05) is 43.3 Å². The number of benzene rings is 2. The first-order valence-electron chi connectivity index (χ1n) is 10.3. The number of carbonyl (C=O) groups excluding carboxylic acids is 1. The Hall–Kier alpha value is -2.60. The topological polar surface area (TPSA) is 38.3 Å². The van der Waals surface area contributed by atoms with E-state index in [4.69, 9.17) is 4.74 Å². The molecular weight excluding hydrogens is 403 g/mol. The Kier molecular flexibility index (Phi) is 8.45. The van der Waals surface area contributed by atoms with Crippen LogP contribution in [0.4, 0.5) is 13.2 Å². The van der Waals surface area contributed by atoms with Crippen LogP contribution in [0.1, 0.15) is 56.8 Å². The van der Waals surface area contributed by atoms with Crippen LogP contribution >= 0.6 is 0 Å². The Morgan fingerprint density at radius 3 is 2.03 bits per heavy atom. The molecule has 0 heterocycles. The van der Waals surface area contributed by atoms with E-state index in [0.717, 1.165) is 5.56 Å². The molecule has 0 spiro atoms. The summed E-state index contributed by atoms with van der Waals surface area (Å²) in [5, 5.41) is 2.05. The number of amides is 1. The first-order valence-corrected chi connectivity index (χ1v) is 10.3. The van der Waals surface area contributed by atoms with E-state index in [1.165, 1.54) is 6.92 Å². The molecule has 1 N–H and O–H groups in total.